The molecule has 106 valence electrons. The number of anilines is 1. The molecular formula is C14H15BrN2O2S. The highest BCUT2D eigenvalue weighted by atomic mass is 79.9. The van der Waals surface area contributed by atoms with Crippen molar-refractivity contribution >= 4 is 38.9 Å². The topological polar surface area (TPSA) is 64.3 Å². The number of benzene rings is 1. The predicted octanol–water partition coefficient (Wildman–Crippen LogP) is 3.55. The normalized spacial score (nSPS) is 11.9. The van der Waals surface area contributed by atoms with Gasteiger partial charge in [-0.3, -0.25) is 4.79 Å². The molecule has 1 heterocycles. The zero-order chi connectivity index (χ0) is 14.5. The Kier molecular flexibility index (Phi) is 5.17. The molecule has 0 saturated heterocycles. The molecule has 2 rings (SSSR count). The van der Waals surface area contributed by atoms with E-state index >= 15 is 0 Å². The third-order valence-electron chi connectivity index (χ3n) is 2.59. The van der Waals surface area contributed by atoms with Gasteiger partial charge in [-0.15, -0.1) is 11.3 Å². The van der Waals surface area contributed by atoms with E-state index in [9.17, 15) is 4.79 Å². The summed E-state index contributed by atoms with van der Waals surface area (Å²) in [6.07, 6.45) is -0.235. The number of hydrogen-bond donors (Lipinski definition) is 2. The van der Waals surface area contributed by atoms with Gasteiger partial charge in [-0.25, -0.2) is 0 Å². The van der Waals surface area contributed by atoms with Crippen LogP contribution >= 0.6 is 27.3 Å². The van der Waals surface area contributed by atoms with E-state index in [4.69, 9.17) is 10.5 Å². The first kappa shape index (κ1) is 15.0. The first-order valence-electron chi connectivity index (χ1n) is 6.07. The van der Waals surface area contributed by atoms with Crippen molar-refractivity contribution in [1.82, 2.24) is 0 Å². The third kappa shape index (κ3) is 3.82. The Bertz CT molecular complexity index is 600. The van der Waals surface area contributed by atoms with Crippen LogP contribution in [0.1, 0.15) is 17.9 Å². The summed E-state index contributed by atoms with van der Waals surface area (Å²) in [5.74, 6) is 0.479. The van der Waals surface area contributed by atoms with Gasteiger partial charge in [0, 0.05) is 28.2 Å². The molecule has 0 spiro atoms. The van der Waals surface area contributed by atoms with Crippen LogP contribution in [0.4, 0.5) is 5.69 Å². The second kappa shape index (κ2) is 6.88. The van der Waals surface area contributed by atoms with Gasteiger partial charge in [0.1, 0.15) is 11.9 Å². The molecule has 0 bridgehead atoms. The average Bonchev–Trinajstić information content (AvgIpc) is 2.83. The van der Waals surface area contributed by atoms with Crippen LogP contribution in [-0.4, -0.2) is 12.5 Å². The van der Waals surface area contributed by atoms with E-state index in [-0.39, 0.29) is 12.0 Å². The summed E-state index contributed by atoms with van der Waals surface area (Å²) in [6, 6.07) is 9.31. The molecule has 1 unspecified atom stereocenters. The van der Waals surface area contributed by atoms with Gasteiger partial charge in [0.15, 0.2) is 0 Å². The van der Waals surface area contributed by atoms with Crippen molar-refractivity contribution in [3.63, 3.8) is 0 Å². The minimum atomic E-state index is -0.235. The number of halogens is 1. The van der Waals surface area contributed by atoms with Gasteiger partial charge >= 0.3 is 0 Å². The van der Waals surface area contributed by atoms with Crippen molar-refractivity contribution < 1.29 is 9.53 Å². The van der Waals surface area contributed by atoms with Crippen molar-refractivity contribution in [2.45, 2.75) is 13.0 Å². The molecule has 1 amide bonds. The van der Waals surface area contributed by atoms with Crippen LogP contribution in [0.5, 0.6) is 5.75 Å². The molecule has 1 aromatic heterocycles. The Labute approximate surface area is 130 Å². The van der Waals surface area contributed by atoms with Crippen LogP contribution in [0.3, 0.4) is 0 Å². The summed E-state index contributed by atoms with van der Waals surface area (Å²) in [5.41, 5.74) is 6.44. The average molecular weight is 355 g/mol. The maximum absolute atomic E-state index is 11.2. The molecular weight excluding hydrogens is 340 g/mol. The van der Waals surface area contributed by atoms with E-state index in [0.717, 1.165) is 9.35 Å². The number of nitrogens with two attached hydrogens (primary N) is 1. The number of rotatable bonds is 5. The fourth-order valence-corrected chi connectivity index (χ4v) is 3.22. The number of carbonyl (C=O) groups excluding carboxylic acids is 1. The van der Waals surface area contributed by atoms with E-state index in [2.05, 4.69) is 21.2 Å². The second-order valence-corrected chi connectivity index (χ2v) is 6.05. The maximum atomic E-state index is 11.2. The molecule has 0 fully saturated rings. The molecule has 0 saturated carbocycles. The summed E-state index contributed by atoms with van der Waals surface area (Å²) in [4.78, 5) is 12.2. The lowest BCUT2D eigenvalue weighted by Crippen LogP contribution is -2.18. The standard InChI is InChI=1S/C14H15BrN2O2S/c1-9(18)17-11-4-2-3-5-12(11)19-13(7-16)14-6-10(15)8-20-14/h2-6,8,13H,7,16H2,1H3,(H,17,18). The van der Waals surface area contributed by atoms with Crippen LogP contribution < -0.4 is 15.8 Å². The number of amides is 1. The smallest absolute Gasteiger partial charge is 0.221 e. The molecule has 0 radical (unpaired) electrons. The van der Waals surface area contributed by atoms with E-state index in [0.29, 0.717) is 18.0 Å². The minimum absolute atomic E-state index is 0.135. The summed E-state index contributed by atoms with van der Waals surface area (Å²) in [7, 11) is 0. The Balaban J connectivity index is 2.21. The molecule has 4 nitrogen and oxygen atoms in total. The van der Waals surface area contributed by atoms with Crippen LogP contribution in [0.25, 0.3) is 0 Å². The highest BCUT2D eigenvalue weighted by Gasteiger charge is 2.16. The summed E-state index contributed by atoms with van der Waals surface area (Å²) in [5, 5.41) is 4.74. The van der Waals surface area contributed by atoms with E-state index in [1.54, 1.807) is 17.4 Å². The van der Waals surface area contributed by atoms with Gasteiger partial charge in [-0.05, 0) is 34.1 Å². The van der Waals surface area contributed by atoms with Gasteiger partial charge in [0.05, 0.1) is 5.69 Å². The number of carbonyl (C=O) groups is 1. The van der Waals surface area contributed by atoms with Crippen molar-refractivity contribution in [3.05, 3.63) is 45.1 Å². The second-order valence-electron chi connectivity index (χ2n) is 4.19. The number of thiophene rings is 1. The number of ether oxygens (including phenoxy) is 1. The Morgan fingerprint density at radius 1 is 1.50 bits per heavy atom. The molecule has 1 aromatic carbocycles. The fraction of sp³-hybridized carbons (Fsp3) is 0.214. The number of para-hydroxylation sites is 2. The minimum Gasteiger partial charge on any atom is -0.481 e. The number of nitrogens with one attached hydrogen (secondary N) is 1. The molecule has 1 atom stereocenters. The third-order valence-corrected chi connectivity index (χ3v) is 4.37. The summed E-state index contributed by atoms with van der Waals surface area (Å²) in [6.45, 7) is 1.83. The fourth-order valence-electron chi connectivity index (χ4n) is 1.74. The van der Waals surface area contributed by atoms with Crippen LogP contribution in [0.2, 0.25) is 0 Å². The van der Waals surface area contributed by atoms with E-state index in [1.165, 1.54) is 6.92 Å². The zero-order valence-corrected chi connectivity index (χ0v) is 13.3. The van der Waals surface area contributed by atoms with Gasteiger partial charge in [-0.1, -0.05) is 12.1 Å². The first-order chi connectivity index (χ1) is 9.60. The summed E-state index contributed by atoms with van der Waals surface area (Å²) >= 11 is 5.00. The Hall–Kier alpha value is -1.37. The molecule has 20 heavy (non-hydrogen) atoms. The monoisotopic (exact) mass is 354 g/mol. The van der Waals surface area contributed by atoms with Crippen LogP contribution in [0.15, 0.2) is 40.2 Å². The van der Waals surface area contributed by atoms with Gasteiger partial charge in [0.2, 0.25) is 5.91 Å². The highest BCUT2D eigenvalue weighted by molar-refractivity contribution is 9.10. The molecule has 0 aliphatic heterocycles. The van der Waals surface area contributed by atoms with Gasteiger partial charge in [0.25, 0.3) is 0 Å². The van der Waals surface area contributed by atoms with E-state index in [1.807, 2.05) is 29.6 Å². The van der Waals surface area contributed by atoms with E-state index < -0.39 is 0 Å². The van der Waals surface area contributed by atoms with Crippen LogP contribution in [0, 0.1) is 0 Å². The molecule has 6 heteroatoms. The first-order valence-corrected chi connectivity index (χ1v) is 7.74. The highest BCUT2D eigenvalue weighted by Crippen LogP contribution is 2.32. The zero-order valence-electron chi connectivity index (χ0n) is 10.9. The predicted molar refractivity (Wildman–Crippen MR) is 85.2 cm³/mol. The lowest BCUT2D eigenvalue weighted by molar-refractivity contribution is -0.114. The largest absolute Gasteiger partial charge is 0.481 e. The molecule has 0 aliphatic carbocycles. The lowest BCUT2D eigenvalue weighted by atomic mass is 10.2. The van der Waals surface area contributed by atoms with Crippen molar-refractivity contribution in [2.75, 3.05) is 11.9 Å². The SMILES string of the molecule is CC(=O)Nc1ccccc1OC(CN)c1cc(Br)cs1. The van der Waals surface area contributed by atoms with Crippen molar-refractivity contribution in [3.8, 4) is 5.75 Å². The maximum Gasteiger partial charge on any atom is 0.221 e. The molecule has 0 aliphatic rings. The van der Waals surface area contributed by atoms with Crippen LogP contribution in [-0.2, 0) is 4.79 Å². The Morgan fingerprint density at radius 2 is 2.25 bits per heavy atom. The summed E-state index contributed by atoms with van der Waals surface area (Å²) < 4.78 is 6.95. The number of hydrogen-bond acceptors (Lipinski definition) is 4. The van der Waals surface area contributed by atoms with Crippen molar-refractivity contribution in [2.24, 2.45) is 5.73 Å². The molecule has 2 aromatic rings. The van der Waals surface area contributed by atoms with Crippen molar-refractivity contribution in [1.29, 1.82) is 0 Å². The quantitative estimate of drug-likeness (QED) is 0.862. The van der Waals surface area contributed by atoms with Gasteiger partial charge in [-0.2, -0.15) is 0 Å². The lowest BCUT2D eigenvalue weighted by Gasteiger charge is -2.18. The molecule has 3 N–H and O–H groups in total. The Morgan fingerprint density at radius 3 is 2.85 bits per heavy atom. The van der Waals surface area contributed by atoms with Gasteiger partial charge < -0.3 is 15.8 Å².